The normalized spacial score (nSPS) is 13.2. The Kier molecular flexibility index (Phi) is 8.01. The van der Waals surface area contributed by atoms with E-state index in [4.69, 9.17) is 18.9 Å². The molecule has 0 saturated carbocycles. The average Bonchev–Trinajstić information content (AvgIpc) is 3.15. The highest BCUT2D eigenvalue weighted by molar-refractivity contribution is 14.0. The Morgan fingerprint density at radius 1 is 1.00 bits per heavy atom. The number of hydrogen-bond acceptors (Lipinski definition) is 4. The first-order valence-corrected chi connectivity index (χ1v) is 9.80. The Bertz CT molecular complexity index is 974. The largest absolute Gasteiger partial charge is 0.490 e. The van der Waals surface area contributed by atoms with Gasteiger partial charge < -0.3 is 24.5 Å². The van der Waals surface area contributed by atoms with E-state index in [1.54, 1.807) is 6.26 Å². The van der Waals surface area contributed by atoms with Crippen LogP contribution in [0.1, 0.15) is 23.3 Å². The Hall–Kier alpha value is -2.68. The van der Waals surface area contributed by atoms with E-state index in [0.29, 0.717) is 32.3 Å². The van der Waals surface area contributed by atoms with Gasteiger partial charge in [-0.15, -0.1) is 24.0 Å². The van der Waals surface area contributed by atoms with E-state index in [2.05, 4.69) is 29.7 Å². The van der Waals surface area contributed by atoms with Crippen molar-refractivity contribution in [3.8, 4) is 11.5 Å². The molecule has 1 aliphatic rings. The summed E-state index contributed by atoms with van der Waals surface area (Å²) in [6, 6.07) is 17.9. The maximum absolute atomic E-state index is 5.79. The zero-order valence-electron chi connectivity index (χ0n) is 16.9. The zero-order chi connectivity index (χ0) is 19.9. The number of rotatable bonds is 5. The molecule has 0 amide bonds. The number of anilines is 1. The lowest BCUT2D eigenvalue weighted by Crippen LogP contribution is -2.30. The fourth-order valence-corrected chi connectivity index (χ4v) is 3.05. The van der Waals surface area contributed by atoms with Gasteiger partial charge in [-0.3, -0.25) is 0 Å². The van der Waals surface area contributed by atoms with Crippen LogP contribution in [0.3, 0.4) is 0 Å². The molecule has 2 aromatic carbocycles. The molecule has 0 aliphatic carbocycles. The van der Waals surface area contributed by atoms with Crippen LogP contribution in [0, 0.1) is 6.92 Å². The number of fused-ring (bicyclic) bond motifs is 1. The summed E-state index contributed by atoms with van der Waals surface area (Å²) >= 11 is 0. The van der Waals surface area contributed by atoms with Gasteiger partial charge in [-0.2, -0.15) is 0 Å². The zero-order valence-corrected chi connectivity index (χ0v) is 19.2. The van der Waals surface area contributed by atoms with Crippen molar-refractivity contribution in [3.05, 3.63) is 77.7 Å². The highest BCUT2D eigenvalue weighted by Gasteiger charge is 2.12. The van der Waals surface area contributed by atoms with Crippen molar-refractivity contribution in [3.63, 3.8) is 0 Å². The van der Waals surface area contributed by atoms with E-state index < -0.39 is 0 Å². The number of halogens is 1. The first-order valence-electron chi connectivity index (χ1n) is 9.80. The van der Waals surface area contributed by atoms with Crippen LogP contribution < -0.4 is 20.1 Å². The van der Waals surface area contributed by atoms with Gasteiger partial charge in [-0.05, 0) is 42.3 Å². The van der Waals surface area contributed by atoms with E-state index in [1.807, 2.05) is 42.5 Å². The quantitative estimate of drug-likeness (QED) is 0.278. The third-order valence-corrected chi connectivity index (χ3v) is 4.69. The molecule has 2 heterocycles. The molecule has 0 spiro atoms. The van der Waals surface area contributed by atoms with Crippen molar-refractivity contribution in [1.82, 2.24) is 5.32 Å². The van der Waals surface area contributed by atoms with Crippen LogP contribution in [-0.4, -0.2) is 19.2 Å². The van der Waals surface area contributed by atoms with Crippen LogP contribution in [0.25, 0.3) is 0 Å². The number of furan rings is 1. The minimum atomic E-state index is 0. The van der Waals surface area contributed by atoms with Crippen molar-refractivity contribution < 1.29 is 13.9 Å². The van der Waals surface area contributed by atoms with Crippen LogP contribution in [0.15, 0.2) is 70.3 Å². The van der Waals surface area contributed by atoms with Crippen LogP contribution in [0.2, 0.25) is 0 Å². The molecule has 0 bridgehead atoms. The summed E-state index contributed by atoms with van der Waals surface area (Å²) in [7, 11) is 0. The standard InChI is InChI=1S/C23H25N3O3.HI/c1-17-6-2-3-7-18(17)15-24-23(25-16-20-8-4-11-27-20)26-19-9-10-21-22(14-19)29-13-5-12-28-21;/h2-4,6-11,14H,5,12-13,15-16H2,1H3,(H2,24,25,26);1H. The van der Waals surface area contributed by atoms with Gasteiger partial charge in [0, 0.05) is 18.2 Å². The Morgan fingerprint density at radius 2 is 1.83 bits per heavy atom. The molecule has 0 unspecified atom stereocenters. The van der Waals surface area contributed by atoms with E-state index >= 15 is 0 Å². The molecule has 0 fully saturated rings. The Labute approximate surface area is 193 Å². The van der Waals surface area contributed by atoms with Crippen molar-refractivity contribution in [2.24, 2.45) is 4.99 Å². The molecule has 2 N–H and O–H groups in total. The summed E-state index contributed by atoms with van der Waals surface area (Å²) in [4.78, 5) is 4.76. The van der Waals surface area contributed by atoms with Gasteiger partial charge in [0.2, 0.25) is 0 Å². The highest BCUT2D eigenvalue weighted by Crippen LogP contribution is 2.32. The van der Waals surface area contributed by atoms with Crippen molar-refractivity contribution in [1.29, 1.82) is 0 Å². The molecule has 4 rings (SSSR count). The number of nitrogens with zero attached hydrogens (tertiary/aromatic N) is 1. The molecule has 3 aromatic rings. The fourth-order valence-electron chi connectivity index (χ4n) is 3.05. The number of aliphatic imine (C=N–C) groups is 1. The second kappa shape index (κ2) is 10.9. The van der Waals surface area contributed by atoms with E-state index in [1.165, 1.54) is 11.1 Å². The second-order valence-corrected chi connectivity index (χ2v) is 6.86. The lowest BCUT2D eigenvalue weighted by Gasteiger charge is -2.14. The molecule has 7 heteroatoms. The lowest BCUT2D eigenvalue weighted by atomic mass is 10.1. The number of benzene rings is 2. The topological polar surface area (TPSA) is 68.0 Å². The Balaban J connectivity index is 0.00000256. The second-order valence-electron chi connectivity index (χ2n) is 6.86. The van der Waals surface area contributed by atoms with Gasteiger partial charge in [0.05, 0.1) is 32.6 Å². The fraction of sp³-hybridized carbons (Fsp3) is 0.261. The van der Waals surface area contributed by atoms with E-state index in [9.17, 15) is 0 Å². The molecule has 0 atom stereocenters. The minimum Gasteiger partial charge on any atom is -0.490 e. The van der Waals surface area contributed by atoms with Crippen LogP contribution in [-0.2, 0) is 13.1 Å². The maximum atomic E-state index is 5.79. The average molecular weight is 519 g/mol. The molecule has 1 aliphatic heterocycles. The van der Waals surface area contributed by atoms with Gasteiger partial charge in [0.25, 0.3) is 0 Å². The molecular weight excluding hydrogens is 493 g/mol. The van der Waals surface area contributed by atoms with E-state index in [0.717, 1.165) is 29.4 Å². The number of hydrogen-bond donors (Lipinski definition) is 2. The van der Waals surface area contributed by atoms with Crippen molar-refractivity contribution in [2.75, 3.05) is 18.5 Å². The maximum Gasteiger partial charge on any atom is 0.196 e. The predicted octanol–water partition coefficient (Wildman–Crippen LogP) is 5.13. The molecular formula is C23H26IN3O3. The van der Waals surface area contributed by atoms with Crippen LogP contribution >= 0.6 is 24.0 Å². The summed E-state index contributed by atoms with van der Waals surface area (Å²) < 4.78 is 16.9. The van der Waals surface area contributed by atoms with Gasteiger partial charge in [-0.1, -0.05) is 24.3 Å². The number of guanidine groups is 1. The summed E-state index contributed by atoms with van der Waals surface area (Å²) in [6.07, 6.45) is 2.55. The highest BCUT2D eigenvalue weighted by atomic mass is 127. The number of aryl methyl sites for hydroxylation is 1. The molecule has 1 aromatic heterocycles. The molecule has 6 nitrogen and oxygen atoms in total. The third kappa shape index (κ3) is 5.91. The monoisotopic (exact) mass is 519 g/mol. The first-order chi connectivity index (χ1) is 14.3. The Morgan fingerprint density at radius 3 is 2.63 bits per heavy atom. The van der Waals surface area contributed by atoms with Gasteiger partial charge >= 0.3 is 0 Å². The minimum absolute atomic E-state index is 0. The van der Waals surface area contributed by atoms with Gasteiger partial charge in [0.15, 0.2) is 17.5 Å². The molecule has 0 radical (unpaired) electrons. The van der Waals surface area contributed by atoms with E-state index in [-0.39, 0.29) is 24.0 Å². The molecule has 30 heavy (non-hydrogen) atoms. The smallest absolute Gasteiger partial charge is 0.196 e. The summed E-state index contributed by atoms with van der Waals surface area (Å²) in [5.74, 6) is 3.03. The summed E-state index contributed by atoms with van der Waals surface area (Å²) in [6.45, 7) is 4.54. The molecule has 158 valence electrons. The lowest BCUT2D eigenvalue weighted by molar-refractivity contribution is 0.297. The van der Waals surface area contributed by atoms with Gasteiger partial charge in [0.1, 0.15) is 5.76 Å². The number of nitrogens with one attached hydrogen (secondary N) is 2. The predicted molar refractivity (Wildman–Crippen MR) is 129 cm³/mol. The van der Waals surface area contributed by atoms with Crippen LogP contribution in [0.4, 0.5) is 5.69 Å². The first kappa shape index (κ1) is 22.0. The number of ether oxygens (including phenoxy) is 2. The SMILES string of the molecule is Cc1ccccc1CN=C(NCc1ccco1)Nc1ccc2c(c1)OCCCO2.I. The molecule has 0 saturated heterocycles. The third-order valence-electron chi connectivity index (χ3n) is 4.69. The van der Waals surface area contributed by atoms with Crippen molar-refractivity contribution >= 4 is 35.6 Å². The van der Waals surface area contributed by atoms with Crippen molar-refractivity contribution in [2.45, 2.75) is 26.4 Å². The summed E-state index contributed by atoms with van der Waals surface area (Å²) in [5.41, 5.74) is 3.28. The summed E-state index contributed by atoms with van der Waals surface area (Å²) in [5, 5.41) is 6.69. The van der Waals surface area contributed by atoms with Gasteiger partial charge in [-0.25, -0.2) is 4.99 Å². The van der Waals surface area contributed by atoms with Crippen LogP contribution in [0.5, 0.6) is 11.5 Å².